The summed E-state index contributed by atoms with van der Waals surface area (Å²) in [5, 5.41) is 9.13. The summed E-state index contributed by atoms with van der Waals surface area (Å²) in [5.74, 6) is -1.17. The van der Waals surface area contributed by atoms with Gasteiger partial charge in [0, 0.05) is 25.7 Å². The lowest BCUT2D eigenvalue weighted by Gasteiger charge is -2.32. The fourth-order valence-electron chi connectivity index (χ4n) is 3.03. The molecule has 0 spiro atoms. The van der Waals surface area contributed by atoms with Gasteiger partial charge in [-0.1, -0.05) is 13.3 Å². The van der Waals surface area contributed by atoms with Crippen molar-refractivity contribution in [1.29, 1.82) is 0 Å². The van der Waals surface area contributed by atoms with Crippen LogP contribution in [0.3, 0.4) is 0 Å². The van der Waals surface area contributed by atoms with Crippen LogP contribution in [0.15, 0.2) is 24.3 Å². The molecule has 1 aromatic rings. The maximum Gasteiger partial charge on any atom is 0.308 e. The lowest BCUT2D eigenvalue weighted by atomic mass is 9.98. The summed E-state index contributed by atoms with van der Waals surface area (Å²) in [6.07, 6.45) is 3.28. The van der Waals surface area contributed by atoms with Crippen LogP contribution in [0, 0.1) is 5.92 Å². The van der Waals surface area contributed by atoms with E-state index in [0.717, 1.165) is 12.8 Å². The number of carbonyl (C=O) groups is 3. The largest absolute Gasteiger partial charge is 0.494 e. The first kappa shape index (κ1) is 20.7. The van der Waals surface area contributed by atoms with Gasteiger partial charge in [-0.3, -0.25) is 14.4 Å². The van der Waals surface area contributed by atoms with Crippen molar-refractivity contribution in [3.8, 4) is 5.75 Å². The summed E-state index contributed by atoms with van der Waals surface area (Å²) < 4.78 is 5.58. The van der Waals surface area contributed by atoms with Crippen molar-refractivity contribution in [2.75, 3.05) is 33.3 Å². The summed E-state index contributed by atoms with van der Waals surface area (Å²) in [5.41, 5.74) is 0.482. The highest BCUT2D eigenvalue weighted by molar-refractivity contribution is 5.96. The van der Waals surface area contributed by atoms with Crippen molar-refractivity contribution in [2.24, 2.45) is 5.92 Å². The second-order valence-corrected chi connectivity index (χ2v) is 6.90. The molecule has 0 radical (unpaired) electrons. The van der Waals surface area contributed by atoms with Crippen molar-refractivity contribution in [3.63, 3.8) is 0 Å². The lowest BCUT2D eigenvalue weighted by Crippen LogP contribution is -2.46. The van der Waals surface area contributed by atoms with Crippen molar-refractivity contribution in [2.45, 2.75) is 32.6 Å². The van der Waals surface area contributed by atoms with Gasteiger partial charge in [0.2, 0.25) is 5.91 Å². The van der Waals surface area contributed by atoms with Crippen LogP contribution in [0.2, 0.25) is 0 Å². The average Bonchev–Trinajstić information content (AvgIpc) is 2.68. The first-order valence-corrected chi connectivity index (χ1v) is 9.41. The van der Waals surface area contributed by atoms with Gasteiger partial charge >= 0.3 is 5.97 Å². The summed E-state index contributed by atoms with van der Waals surface area (Å²) >= 11 is 0. The Bertz CT molecular complexity index is 659. The SMILES string of the molecule is CCCCOc1ccc(C(=O)N(C)CC(=O)N2CCCC(C(=O)O)C2)cc1. The molecule has 7 heteroatoms. The van der Waals surface area contributed by atoms with Gasteiger partial charge in [0.05, 0.1) is 19.1 Å². The number of ether oxygens (including phenoxy) is 1. The Morgan fingerprint density at radius 2 is 1.96 bits per heavy atom. The maximum absolute atomic E-state index is 12.5. The minimum Gasteiger partial charge on any atom is -0.494 e. The first-order valence-electron chi connectivity index (χ1n) is 9.41. The number of aliphatic carboxylic acids is 1. The number of hydrogen-bond donors (Lipinski definition) is 1. The van der Waals surface area contributed by atoms with Crippen molar-refractivity contribution < 1.29 is 24.2 Å². The average molecular weight is 376 g/mol. The number of likely N-dealkylation sites (N-methyl/N-ethyl adjacent to an activating group) is 1. The van der Waals surface area contributed by atoms with E-state index in [-0.39, 0.29) is 24.9 Å². The van der Waals surface area contributed by atoms with Crippen molar-refractivity contribution in [3.05, 3.63) is 29.8 Å². The fourth-order valence-corrected chi connectivity index (χ4v) is 3.03. The molecule has 0 aromatic heterocycles. The Morgan fingerprint density at radius 3 is 2.59 bits per heavy atom. The van der Waals surface area contributed by atoms with Gasteiger partial charge < -0.3 is 19.6 Å². The molecule has 1 aliphatic heterocycles. The number of rotatable bonds is 8. The van der Waals surface area contributed by atoms with E-state index in [1.165, 1.54) is 9.80 Å². The van der Waals surface area contributed by atoms with E-state index in [0.29, 0.717) is 37.3 Å². The molecular formula is C20H28N2O5. The minimum absolute atomic E-state index is 0.0695. The first-order chi connectivity index (χ1) is 12.9. The van der Waals surface area contributed by atoms with Gasteiger partial charge in [0.15, 0.2) is 0 Å². The molecule has 1 aliphatic rings. The van der Waals surface area contributed by atoms with Gasteiger partial charge in [-0.25, -0.2) is 0 Å². The number of carboxylic acid groups (broad SMARTS) is 1. The number of nitrogens with zero attached hydrogens (tertiary/aromatic N) is 2. The zero-order valence-corrected chi connectivity index (χ0v) is 16.0. The number of carboxylic acids is 1. The Kier molecular flexibility index (Phi) is 7.64. The Balaban J connectivity index is 1.89. The molecule has 1 unspecified atom stereocenters. The van der Waals surface area contributed by atoms with E-state index < -0.39 is 11.9 Å². The molecule has 7 nitrogen and oxygen atoms in total. The third-order valence-corrected chi connectivity index (χ3v) is 4.71. The zero-order valence-electron chi connectivity index (χ0n) is 16.0. The number of piperidine rings is 1. The van der Waals surface area contributed by atoms with Crippen LogP contribution in [-0.2, 0) is 9.59 Å². The minimum atomic E-state index is -0.877. The fraction of sp³-hybridized carbons (Fsp3) is 0.550. The summed E-state index contributed by atoms with van der Waals surface area (Å²) in [4.78, 5) is 39.0. The van der Waals surface area contributed by atoms with E-state index in [1.54, 1.807) is 31.3 Å². The third kappa shape index (κ3) is 5.98. The summed E-state index contributed by atoms with van der Waals surface area (Å²) in [6.45, 7) is 3.41. The Morgan fingerprint density at radius 1 is 1.26 bits per heavy atom. The van der Waals surface area contributed by atoms with Gasteiger partial charge in [0.25, 0.3) is 5.91 Å². The van der Waals surface area contributed by atoms with Gasteiger partial charge in [-0.2, -0.15) is 0 Å². The van der Waals surface area contributed by atoms with Crippen LogP contribution in [0.5, 0.6) is 5.75 Å². The van der Waals surface area contributed by atoms with E-state index in [9.17, 15) is 14.4 Å². The van der Waals surface area contributed by atoms with E-state index >= 15 is 0 Å². The van der Waals surface area contributed by atoms with Crippen LogP contribution in [-0.4, -0.2) is 66.0 Å². The highest BCUT2D eigenvalue weighted by Gasteiger charge is 2.29. The van der Waals surface area contributed by atoms with Crippen LogP contribution >= 0.6 is 0 Å². The number of carbonyl (C=O) groups excluding carboxylic acids is 2. The molecule has 1 heterocycles. The molecule has 27 heavy (non-hydrogen) atoms. The number of hydrogen-bond acceptors (Lipinski definition) is 4. The molecule has 0 saturated carbocycles. The van der Waals surface area contributed by atoms with Crippen molar-refractivity contribution >= 4 is 17.8 Å². The highest BCUT2D eigenvalue weighted by atomic mass is 16.5. The van der Waals surface area contributed by atoms with Crippen LogP contribution in [0.25, 0.3) is 0 Å². The molecule has 1 aromatic carbocycles. The number of unbranched alkanes of at least 4 members (excludes halogenated alkanes) is 1. The molecular weight excluding hydrogens is 348 g/mol. The van der Waals surface area contributed by atoms with E-state index in [2.05, 4.69) is 6.92 Å². The van der Waals surface area contributed by atoms with Gasteiger partial charge in [0.1, 0.15) is 5.75 Å². The van der Waals surface area contributed by atoms with E-state index in [1.807, 2.05) is 0 Å². The highest BCUT2D eigenvalue weighted by Crippen LogP contribution is 2.17. The molecule has 1 atom stereocenters. The monoisotopic (exact) mass is 376 g/mol. The predicted molar refractivity (Wildman–Crippen MR) is 101 cm³/mol. The molecule has 2 rings (SSSR count). The second kappa shape index (κ2) is 9.94. The summed E-state index contributed by atoms with van der Waals surface area (Å²) in [7, 11) is 1.57. The van der Waals surface area contributed by atoms with Crippen LogP contribution in [0.1, 0.15) is 43.0 Å². The topological polar surface area (TPSA) is 87.2 Å². The molecule has 0 aliphatic carbocycles. The smallest absolute Gasteiger partial charge is 0.308 e. The van der Waals surface area contributed by atoms with Crippen LogP contribution < -0.4 is 4.74 Å². The standard InChI is InChI=1S/C20H28N2O5/c1-3-4-12-27-17-9-7-15(8-10-17)19(24)21(2)14-18(23)22-11-5-6-16(13-22)20(25)26/h7-10,16H,3-6,11-14H2,1-2H3,(H,25,26). The predicted octanol–water partition coefficient (Wildman–Crippen LogP) is 2.26. The Labute approximate surface area is 159 Å². The quantitative estimate of drug-likeness (QED) is 0.703. The zero-order chi connectivity index (χ0) is 19.8. The third-order valence-electron chi connectivity index (χ3n) is 4.71. The molecule has 0 bridgehead atoms. The summed E-state index contributed by atoms with van der Waals surface area (Å²) in [6, 6.07) is 6.87. The van der Waals surface area contributed by atoms with E-state index in [4.69, 9.17) is 9.84 Å². The molecule has 1 N–H and O–H groups in total. The molecule has 2 amide bonds. The molecule has 148 valence electrons. The lowest BCUT2D eigenvalue weighted by molar-refractivity contribution is -0.145. The number of likely N-dealkylation sites (tertiary alicyclic amines) is 1. The van der Waals surface area contributed by atoms with Crippen LogP contribution in [0.4, 0.5) is 0 Å². The maximum atomic E-state index is 12.5. The normalized spacial score (nSPS) is 16.7. The molecule has 1 fully saturated rings. The van der Waals surface area contributed by atoms with Crippen molar-refractivity contribution in [1.82, 2.24) is 9.80 Å². The second-order valence-electron chi connectivity index (χ2n) is 6.90. The Hall–Kier alpha value is -2.57. The number of benzene rings is 1. The molecule has 1 saturated heterocycles. The number of amides is 2. The van der Waals surface area contributed by atoms with Gasteiger partial charge in [-0.15, -0.1) is 0 Å². The van der Waals surface area contributed by atoms with Gasteiger partial charge in [-0.05, 0) is 43.5 Å².